The fourth-order valence-electron chi connectivity index (χ4n) is 8.22. The number of piperazine rings is 1. The number of nitro groups is 1. The van der Waals surface area contributed by atoms with E-state index in [2.05, 4.69) is 55.8 Å². The standard InChI is InChI=1S/C46H49ClN8O6S/c1-46(2)16-14-34(40(29-46)32-4-6-35(47)7-5-32)30-52-22-24-54(25-23-52)36-8-11-39(44(27-36)61-37-9-12-41-33(26-37)15-18-50-41)45(56)51-62(59,60)38-10-13-42(43(28-38)55(57)58)49-17-3-20-53-21-19-48-31-53/h4-13,15,18-19,21,26-28,31,49-50H,3,14,16-17,20,22-25,29-30H2,1-2H3,(H,51,56). The summed E-state index contributed by atoms with van der Waals surface area (Å²) in [6.07, 6.45) is 10.8. The van der Waals surface area contributed by atoms with Crippen molar-refractivity contribution in [1.29, 1.82) is 0 Å². The molecule has 1 saturated heterocycles. The summed E-state index contributed by atoms with van der Waals surface area (Å²) in [6.45, 7) is 9.73. The van der Waals surface area contributed by atoms with Gasteiger partial charge in [-0.2, -0.15) is 0 Å². The molecule has 0 unspecified atom stereocenters. The number of hydrogen-bond donors (Lipinski definition) is 3. The molecule has 6 aromatic rings. The molecular formula is C46H49ClN8O6S. The maximum absolute atomic E-state index is 13.9. The van der Waals surface area contributed by atoms with Crippen molar-refractivity contribution in [2.45, 2.75) is 51.0 Å². The highest BCUT2D eigenvalue weighted by Crippen LogP contribution is 2.43. The SMILES string of the molecule is CC1(C)CCC(CN2CCN(c3ccc(C(=O)NS(=O)(=O)c4ccc(NCCCn5ccnc5)c([N+](=O)[O-])c4)c(Oc4ccc5[nH]ccc5c4)c3)CC2)=C(c2ccc(Cl)cc2)C1. The lowest BCUT2D eigenvalue weighted by molar-refractivity contribution is -0.384. The first-order chi connectivity index (χ1) is 29.8. The van der Waals surface area contributed by atoms with Crippen LogP contribution in [0, 0.1) is 15.5 Å². The largest absolute Gasteiger partial charge is 0.456 e. The Morgan fingerprint density at radius 2 is 1.81 bits per heavy atom. The van der Waals surface area contributed by atoms with Gasteiger partial charge in [-0.3, -0.25) is 19.8 Å². The van der Waals surface area contributed by atoms with Crippen LogP contribution in [0.2, 0.25) is 5.02 Å². The van der Waals surface area contributed by atoms with E-state index in [1.807, 2.05) is 47.3 Å². The van der Waals surface area contributed by atoms with Crippen molar-refractivity contribution >= 4 is 61.1 Å². The average Bonchev–Trinajstić information content (AvgIpc) is 3.96. The van der Waals surface area contributed by atoms with Gasteiger partial charge < -0.3 is 24.5 Å². The number of nitro benzene ring substituents is 1. The summed E-state index contributed by atoms with van der Waals surface area (Å²) >= 11 is 6.24. The summed E-state index contributed by atoms with van der Waals surface area (Å²) in [4.78, 5) is 36.8. The third-order valence-corrected chi connectivity index (χ3v) is 13.2. The first kappa shape index (κ1) is 42.5. The number of carbonyl (C=O) groups is 1. The Morgan fingerprint density at radius 3 is 2.56 bits per heavy atom. The lowest BCUT2D eigenvalue weighted by Crippen LogP contribution is -2.47. The minimum atomic E-state index is -4.55. The van der Waals surface area contributed by atoms with Gasteiger partial charge in [-0.1, -0.05) is 43.2 Å². The number of aromatic nitrogens is 3. The molecule has 0 radical (unpaired) electrons. The van der Waals surface area contributed by atoms with Crippen molar-refractivity contribution < 1.29 is 22.9 Å². The van der Waals surface area contributed by atoms with Crippen LogP contribution in [0.4, 0.5) is 17.1 Å². The van der Waals surface area contributed by atoms with Crippen LogP contribution in [0.3, 0.4) is 0 Å². The Labute approximate surface area is 365 Å². The summed E-state index contributed by atoms with van der Waals surface area (Å²) in [5, 5.41) is 16.7. The number of ether oxygens (including phenoxy) is 1. The Morgan fingerprint density at radius 1 is 1.00 bits per heavy atom. The number of imidazole rings is 1. The van der Waals surface area contributed by atoms with Crippen LogP contribution in [0.5, 0.6) is 11.5 Å². The van der Waals surface area contributed by atoms with Gasteiger partial charge in [0.25, 0.3) is 21.6 Å². The minimum Gasteiger partial charge on any atom is -0.456 e. The Bertz CT molecular complexity index is 2730. The van der Waals surface area contributed by atoms with Crippen LogP contribution in [0.1, 0.15) is 55.5 Å². The third-order valence-electron chi connectivity index (χ3n) is 11.7. The second-order valence-corrected chi connectivity index (χ2v) is 18.8. The first-order valence-corrected chi connectivity index (χ1v) is 22.5. The number of hydrogen-bond acceptors (Lipinski definition) is 10. The molecule has 0 atom stereocenters. The number of aromatic amines is 1. The summed E-state index contributed by atoms with van der Waals surface area (Å²) in [7, 11) is -4.55. The number of rotatable bonds is 15. The van der Waals surface area contributed by atoms with Crippen molar-refractivity contribution in [3.63, 3.8) is 0 Å². The monoisotopic (exact) mass is 876 g/mol. The molecule has 0 saturated carbocycles. The Balaban J connectivity index is 0.992. The van der Waals surface area contributed by atoms with E-state index in [-0.39, 0.29) is 22.4 Å². The first-order valence-electron chi connectivity index (χ1n) is 20.7. The van der Waals surface area contributed by atoms with Crippen molar-refractivity contribution in [2.24, 2.45) is 5.41 Å². The van der Waals surface area contributed by atoms with Gasteiger partial charge in [-0.25, -0.2) is 18.1 Å². The number of nitrogens with one attached hydrogen (secondary N) is 3. The molecule has 322 valence electrons. The number of aryl methyl sites for hydroxylation is 1. The van der Waals surface area contributed by atoms with Gasteiger partial charge in [-0.05, 0) is 103 Å². The molecule has 16 heteroatoms. The van der Waals surface area contributed by atoms with E-state index in [0.717, 1.165) is 79.7 Å². The van der Waals surface area contributed by atoms with Crippen LogP contribution in [0.25, 0.3) is 16.5 Å². The number of H-pyrrole nitrogens is 1. The topological polar surface area (TPSA) is 168 Å². The molecule has 14 nitrogen and oxygen atoms in total. The molecule has 2 aromatic heterocycles. The van der Waals surface area contributed by atoms with Crippen molar-refractivity contribution in [3.8, 4) is 11.5 Å². The Hall–Kier alpha value is -6.16. The number of benzene rings is 4. The number of fused-ring (bicyclic) bond motifs is 1. The predicted molar refractivity (Wildman–Crippen MR) is 243 cm³/mol. The minimum absolute atomic E-state index is 0.0160. The van der Waals surface area contributed by atoms with Crippen LogP contribution in [-0.2, 0) is 16.6 Å². The molecule has 3 N–H and O–H groups in total. The average molecular weight is 877 g/mol. The molecule has 3 heterocycles. The molecule has 62 heavy (non-hydrogen) atoms. The number of nitrogens with zero attached hydrogens (tertiary/aromatic N) is 5. The normalized spacial score (nSPS) is 15.8. The third kappa shape index (κ3) is 9.96. The van der Waals surface area contributed by atoms with Gasteiger partial charge in [0, 0.05) is 98.1 Å². The van der Waals surface area contributed by atoms with Crippen LogP contribution < -0.4 is 19.7 Å². The van der Waals surface area contributed by atoms with Gasteiger partial charge in [0.1, 0.15) is 17.2 Å². The van der Waals surface area contributed by atoms with E-state index in [0.29, 0.717) is 25.3 Å². The van der Waals surface area contributed by atoms with E-state index in [9.17, 15) is 23.3 Å². The molecule has 1 amide bonds. The zero-order valence-corrected chi connectivity index (χ0v) is 36.2. The quantitative estimate of drug-likeness (QED) is 0.0514. The summed E-state index contributed by atoms with van der Waals surface area (Å²) in [6, 6.07) is 24.2. The van der Waals surface area contributed by atoms with E-state index < -0.39 is 31.4 Å². The molecule has 0 spiro atoms. The van der Waals surface area contributed by atoms with Crippen molar-refractivity contribution in [1.82, 2.24) is 24.2 Å². The zero-order valence-electron chi connectivity index (χ0n) is 34.6. The highest BCUT2D eigenvalue weighted by atomic mass is 35.5. The van der Waals surface area contributed by atoms with Gasteiger partial charge in [-0.15, -0.1) is 0 Å². The predicted octanol–water partition coefficient (Wildman–Crippen LogP) is 9.13. The number of sulfonamides is 1. The molecule has 1 aliphatic heterocycles. The number of carbonyl (C=O) groups excluding carboxylic acids is 1. The van der Waals surface area contributed by atoms with Crippen LogP contribution >= 0.6 is 11.6 Å². The van der Waals surface area contributed by atoms with E-state index in [4.69, 9.17) is 16.3 Å². The number of halogens is 1. The smallest absolute Gasteiger partial charge is 0.293 e. The molecule has 8 rings (SSSR count). The lowest BCUT2D eigenvalue weighted by atomic mass is 9.72. The second kappa shape index (κ2) is 18.1. The lowest BCUT2D eigenvalue weighted by Gasteiger charge is -2.39. The maximum Gasteiger partial charge on any atom is 0.293 e. The second-order valence-electron chi connectivity index (χ2n) is 16.7. The highest BCUT2D eigenvalue weighted by molar-refractivity contribution is 7.90. The Kier molecular flexibility index (Phi) is 12.4. The molecule has 0 bridgehead atoms. The summed E-state index contributed by atoms with van der Waals surface area (Å²) in [5.41, 5.74) is 5.79. The van der Waals surface area contributed by atoms with Gasteiger partial charge in [0.05, 0.1) is 21.7 Å². The number of amides is 1. The molecule has 1 aliphatic carbocycles. The summed E-state index contributed by atoms with van der Waals surface area (Å²) < 4.78 is 37.7. The van der Waals surface area contributed by atoms with Gasteiger partial charge in [0.15, 0.2) is 0 Å². The maximum atomic E-state index is 13.9. The zero-order chi connectivity index (χ0) is 43.4. The summed E-state index contributed by atoms with van der Waals surface area (Å²) in [5.74, 6) is -0.319. The molecule has 2 aliphatic rings. The fraction of sp³-hybridized carbons (Fsp3) is 0.304. The van der Waals surface area contributed by atoms with E-state index in [1.165, 1.54) is 28.8 Å². The fourth-order valence-corrected chi connectivity index (χ4v) is 9.33. The molecular weight excluding hydrogens is 828 g/mol. The molecule has 1 fully saturated rings. The number of anilines is 2. The van der Waals surface area contributed by atoms with Crippen molar-refractivity contribution in [3.05, 3.63) is 142 Å². The van der Waals surface area contributed by atoms with Crippen molar-refractivity contribution in [2.75, 3.05) is 49.5 Å². The molecule has 4 aromatic carbocycles. The van der Waals surface area contributed by atoms with E-state index >= 15 is 0 Å². The van der Waals surface area contributed by atoms with E-state index in [1.54, 1.807) is 36.8 Å². The van der Waals surface area contributed by atoms with Crippen LogP contribution in [-0.4, -0.2) is 78.0 Å². The van der Waals surface area contributed by atoms with Gasteiger partial charge in [0.2, 0.25) is 0 Å². The van der Waals surface area contributed by atoms with Gasteiger partial charge >= 0.3 is 0 Å². The van der Waals surface area contributed by atoms with Crippen LogP contribution in [0.15, 0.2) is 120 Å². The number of allylic oxidation sites excluding steroid dienone is 1. The highest BCUT2D eigenvalue weighted by Gasteiger charge is 2.30.